The van der Waals surface area contributed by atoms with E-state index < -0.39 is 27.7 Å². The Balaban J connectivity index is 1.91. The van der Waals surface area contributed by atoms with Gasteiger partial charge in [-0.2, -0.15) is 13.2 Å². The third-order valence-electron chi connectivity index (χ3n) is 4.82. The van der Waals surface area contributed by atoms with Crippen molar-refractivity contribution in [3.63, 3.8) is 0 Å². The quantitative estimate of drug-likeness (QED) is 0.438. The molecule has 0 aromatic heterocycles. The highest BCUT2D eigenvalue weighted by atomic mass is 32.2. The highest BCUT2D eigenvalue weighted by Crippen LogP contribution is 2.38. The average molecular weight is 491 g/mol. The Morgan fingerprint density at radius 3 is 2.26 bits per heavy atom. The maximum atomic E-state index is 13.3. The molecular formula is C24H20F3NO5S. The zero-order valence-corrected chi connectivity index (χ0v) is 18.7. The van der Waals surface area contributed by atoms with Crippen LogP contribution in [0.4, 0.5) is 18.9 Å². The molecule has 178 valence electrons. The number of anilines is 1. The van der Waals surface area contributed by atoms with Crippen LogP contribution in [-0.2, 0) is 27.6 Å². The summed E-state index contributed by atoms with van der Waals surface area (Å²) in [5, 5.41) is 8.69. The summed E-state index contributed by atoms with van der Waals surface area (Å²) in [6.07, 6.45) is -2.28. The summed E-state index contributed by atoms with van der Waals surface area (Å²) in [6, 6.07) is 16.6. The smallest absolute Gasteiger partial charge is 0.416 e. The van der Waals surface area contributed by atoms with Crippen LogP contribution in [0, 0.1) is 0 Å². The van der Waals surface area contributed by atoms with Gasteiger partial charge in [-0.15, -0.1) is 0 Å². The van der Waals surface area contributed by atoms with Crippen molar-refractivity contribution in [3.8, 4) is 5.75 Å². The van der Waals surface area contributed by atoms with Crippen molar-refractivity contribution in [1.82, 2.24) is 0 Å². The standard InChI is InChI=1S/C24H20F3NO5S/c1-28(34(31,32)20-5-3-2-4-6-20)21-13-12-19(24(25,26)27)15-22(21)33-16-18-9-7-17(8-10-18)11-14-23(29)30/h2-15H,16H2,1H3,(H,29,30)/b14-11+. The third kappa shape index (κ3) is 5.96. The molecular weight excluding hydrogens is 471 g/mol. The molecule has 0 radical (unpaired) electrons. The van der Waals surface area contributed by atoms with Gasteiger partial charge in [0.1, 0.15) is 12.4 Å². The molecule has 0 saturated carbocycles. The molecule has 0 bridgehead atoms. The molecule has 0 heterocycles. The van der Waals surface area contributed by atoms with Gasteiger partial charge in [0.25, 0.3) is 10.0 Å². The summed E-state index contributed by atoms with van der Waals surface area (Å²) >= 11 is 0. The largest absolute Gasteiger partial charge is 0.487 e. The van der Waals surface area contributed by atoms with Gasteiger partial charge in [-0.05, 0) is 47.5 Å². The number of benzene rings is 3. The first-order valence-electron chi connectivity index (χ1n) is 9.86. The number of nitrogens with zero attached hydrogens (tertiary/aromatic N) is 1. The maximum absolute atomic E-state index is 13.3. The molecule has 34 heavy (non-hydrogen) atoms. The van der Waals surface area contributed by atoms with Crippen molar-refractivity contribution >= 4 is 27.8 Å². The van der Waals surface area contributed by atoms with Gasteiger partial charge in [0, 0.05) is 13.1 Å². The second-order valence-electron chi connectivity index (χ2n) is 7.17. The molecule has 3 rings (SSSR count). The number of alkyl halides is 3. The van der Waals surface area contributed by atoms with Gasteiger partial charge < -0.3 is 9.84 Å². The van der Waals surface area contributed by atoms with E-state index in [1.165, 1.54) is 25.3 Å². The minimum atomic E-state index is -4.65. The first-order valence-corrected chi connectivity index (χ1v) is 11.3. The van der Waals surface area contributed by atoms with Crippen LogP contribution in [0.3, 0.4) is 0 Å². The summed E-state index contributed by atoms with van der Waals surface area (Å²) in [5.41, 5.74) is 0.160. The van der Waals surface area contributed by atoms with Crippen LogP contribution in [0.25, 0.3) is 6.08 Å². The molecule has 0 aliphatic heterocycles. The van der Waals surface area contributed by atoms with Crippen molar-refractivity contribution in [3.05, 3.63) is 95.6 Å². The van der Waals surface area contributed by atoms with Crippen LogP contribution in [0.5, 0.6) is 5.75 Å². The normalized spacial score (nSPS) is 12.0. The van der Waals surface area contributed by atoms with Gasteiger partial charge in [0.15, 0.2) is 0 Å². The molecule has 3 aromatic carbocycles. The second kappa shape index (κ2) is 10.0. The van der Waals surface area contributed by atoms with E-state index in [1.807, 2.05) is 0 Å². The van der Waals surface area contributed by atoms with Crippen LogP contribution in [-0.4, -0.2) is 26.5 Å². The molecule has 10 heteroatoms. The predicted octanol–water partition coefficient (Wildman–Crippen LogP) is 5.21. The lowest BCUT2D eigenvalue weighted by molar-refractivity contribution is -0.137. The molecule has 0 amide bonds. The van der Waals surface area contributed by atoms with Gasteiger partial charge in [-0.1, -0.05) is 42.5 Å². The van der Waals surface area contributed by atoms with E-state index in [1.54, 1.807) is 42.5 Å². The van der Waals surface area contributed by atoms with Gasteiger partial charge in [-0.25, -0.2) is 13.2 Å². The van der Waals surface area contributed by atoms with Gasteiger partial charge >= 0.3 is 12.1 Å². The summed E-state index contributed by atoms with van der Waals surface area (Å²) in [5.74, 6) is -1.36. The molecule has 0 fully saturated rings. The van der Waals surface area contributed by atoms with E-state index in [0.29, 0.717) is 11.1 Å². The number of hydrogen-bond acceptors (Lipinski definition) is 4. The fourth-order valence-corrected chi connectivity index (χ4v) is 4.23. The van der Waals surface area contributed by atoms with Crippen molar-refractivity contribution in [2.45, 2.75) is 17.7 Å². The van der Waals surface area contributed by atoms with E-state index in [4.69, 9.17) is 9.84 Å². The number of ether oxygens (including phenoxy) is 1. The molecule has 1 N–H and O–H groups in total. The van der Waals surface area contributed by atoms with Gasteiger partial charge in [-0.3, -0.25) is 4.31 Å². The molecule has 0 unspecified atom stereocenters. The minimum absolute atomic E-state index is 0.0200. The fraction of sp³-hybridized carbons (Fsp3) is 0.125. The molecule has 0 spiro atoms. The molecule has 3 aromatic rings. The highest BCUT2D eigenvalue weighted by Gasteiger charge is 2.33. The van der Waals surface area contributed by atoms with Crippen LogP contribution in [0.15, 0.2) is 83.8 Å². The summed E-state index contributed by atoms with van der Waals surface area (Å²) in [7, 11) is -2.81. The van der Waals surface area contributed by atoms with E-state index in [9.17, 15) is 26.4 Å². The molecule has 0 aliphatic rings. The number of hydrogen-bond donors (Lipinski definition) is 1. The SMILES string of the molecule is CN(c1ccc(C(F)(F)F)cc1OCc1ccc(/C=C/C(=O)O)cc1)S(=O)(=O)c1ccccc1. The van der Waals surface area contributed by atoms with Crippen molar-refractivity contribution in [2.75, 3.05) is 11.4 Å². The van der Waals surface area contributed by atoms with Crippen LogP contribution in [0.2, 0.25) is 0 Å². The topological polar surface area (TPSA) is 83.9 Å². The molecule has 0 saturated heterocycles. The summed E-state index contributed by atoms with van der Waals surface area (Å²) in [6.45, 7) is -0.142. The lowest BCUT2D eigenvalue weighted by Gasteiger charge is -2.23. The lowest BCUT2D eigenvalue weighted by atomic mass is 10.1. The van der Waals surface area contributed by atoms with E-state index in [0.717, 1.165) is 28.6 Å². The maximum Gasteiger partial charge on any atom is 0.416 e. The number of halogens is 3. The Bertz CT molecular complexity index is 1290. The van der Waals surface area contributed by atoms with Crippen molar-refractivity contribution in [2.24, 2.45) is 0 Å². The van der Waals surface area contributed by atoms with E-state index in [2.05, 4.69) is 0 Å². The molecule has 6 nitrogen and oxygen atoms in total. The number of aliphatic carboxylic acids is 1. The number of rotatable bonds is 8. The third-order valence-corrected chi connectivity index (χ3v) is 6.61. The number of carboxylic acids is 1. The van der Waals surface area contributed by atoms with Crippen molar-refractivity contribution < 1.29 is 36.2 Å². The second-order valence-corrected chi connectivity index (χ2v) is 9.14. The van der Waals surface area contributed by atoms with Crippen LogP contribution >= 0.6 is 0 Å². The number of sulfonamides is 1. The average Bonchev–Trinajstić information content (AvgIpc) is 2.81. The summed E-state index contributed by atoms with van der Waals surface area (Å²) < 4.78 is 72.4. The highest BCUT2D eigenvalue weighted by molar-refractivity contribution is 7.92. The predicted molar refractivity (Wildman–Crippen MR) is 121 cm³/mol. The Kier molecular flexibility index (Phi) is 7.31. The van der Waals surface area contributed by atoms with E-state index in [-0.39, 0.29) is 22.9 Å². The Morgan fingerprint density at radius 2 is 1.68 bits per heavy atom. The van der Waals surface area contributed by atoms with Crippen LogP contribution in [0.1, 0.15) is 16.7 Å². The Hall–Kier alpha value is -3.79. The van der Waals surface area contributed by atoms with Crippen LogP contribution < -0.4 is 9.04 Å². The lowest BCUT2D eigenvalue weighted by Crippen LogP contribution is -2.27. The Morgan fingerprint density at radius 1 is 1.03 bits per heavy atom. The Labute approximate surface area is 194 Å². The fourth-order valence-electron chi connectivity index (χ4n) is 3.00. The first kappa shape index (κ1) is 24.8. The number of carboxylic acid groups (broad SMARTS) is 1. The zero-order chi connectivity index (χ0) is 24.9. The monoisotopic (exact) mass is 491 g/mol. The first-order chi connectivity index (χ1) is 16.0. The number of carbonyl (C=O) groups is 1. The van der Waals surface area contributed by atoms with E-state index >= 15 is 0 Å². The van der Waals surface area contributed by atoms with Crippen molar-refractivity contribution in [1.29, 1.82) is 0 Å². The summed E-state index contributed by atoms with van der Waals surface area (Å²) in [4.78, 5) is 10.6. The molecule has 0 aliphatic carbocycles. The molecule has 0 atom stereocenters. The van der Waals surface area contributed by atoms with Gasteiger partial charge in [0.05, 0.1) is 16.1 Å². The van der Waals surface area contributed by atoms with Gasteiger partial charge in [0.2, 0.25) is 0 Å². The zero-order valence-electron chi connectivity index (χ0n) is 17.9. The minimum Gasteiger partial charge on any atom is -0.487 e.